The van der Waals surface area contributed by atoms with Crippen LogP contribution in [0.2, 0.25) is 0 Å². The van der Waals surface area contributed by atoms with Crippen LogP contribution in [0.15, 0.2) is 0 Å². The number of carboxylic acids is 1. The Bertz CT molecular complexity index is 4200. The first-order valence-electron chi connectivity index (χ1n) is 47.0. The van der Waals surface area contributed by atoms with Gasteiger partial charge in [0.25, 0.3) is 0 Å². The van der Waals surface area contributed by atoms with E-state index < -0.39 is 470 Å². The van der Waals surface area contributed by atoms with E-state index in [1.165, 1.54) is 6.92 Å². The molecule has 0 bridgehead atoms. The zero-order valence-electron chi connectivity index (χ0n) is 79.4. The number of hydrogen-bond donors (Lipinski definition) is 37. The maximum atomic E-state index is 13.5. The first-order valence-corrected chi connectivity index (χ1v) is 47.0. The fourth-order valence-electron chi connectivity index (χ4n) is 19.1. The number of carboxylic acid groups (broad SMARTS) is 1. The highest BCUT2D eigenvalue weighted by Crippen LogP contribution is 2.43. The van der Waals surface area contributed by atoms with Crippen LogP contribution in [0.4, 0.5) is 0 Å². The average Bonchev–Trinajstić information content (AvgIpc) is 0.763. The summed E-state index contributed by atoms with van der Waals surface area (Å²) < 4.78 is 138. The number of nitrogens with one attached hydrogen (secondary N) is 5. The van der Waals surface area contributed by atoms with Gasteiger partial charge in [0.15, 0.2) is 81.6 Å². The summed E-state index contributed by atoms with van der Waals surface area (Å²) in [5.74, 6) is -6.92. The van der Waals surface area contributed by atoms with Crippen LogP contribution in [0.5, 0.6) is 0 Å². The summed E-state index contributed by atoms with van der Waals surface area (Å²) in [4.78, 5) is 77.6. The Morgan fingerprint density at radius 1 is 0.209 bits per heavy atom. The molecule has 0 aromatic carbocycles. The Kier molecular flexibility index (Phi) is 43.2. The SMILES string of the molecule is CC(=O)N[C@@H]1[C@H](O[C@@H]2[C@@H](O[C@@H]3[C@H](O)[C@H](O[C@H]4[C@H](O)[C@@H](NC(C)=O)[C@H](O[C@H]5[C@H](O)[C@@H](NC(C)=O)[C@H](O)O[C@@H]5CO[C@@H]5O[C@@H](C)[C@@H](O)[C@@H](O)[C@@H]5O)O[C@@H]4CO)O[C@H](CO[C@H]4O[C@H](CO)[C@@H](O)[C@H](O)[C@@H]4O[C@@H]4O[C@H](CO)[C@@H](O[C@@H]5O[C@H](CO)[C@H](O)[C@H](O[C@@H]6O[C@H](C(=O)O)[C@@H](O)[C@H](O)[C@H]6O)[C@H]5O)[C@H](O)[C@H]4NC(C)=O)[C@H]3O)O[C@H](CO)[C@@H](O[C@@H]3O[C@H](CO)[C@@H](O)[C@H](O)[C@H]3NC(C)=O)[C@@H]2O)O[C@H](CO)[C@@H](O[C@@H]2O[C@H](CO)[C@H](O)[C@H](O)[C@H]2O)[C@@H]1O. The third-order valence-corrected chi connectivity index (χ3v) is 27.0. The molecule has 0 radical (unpaired) electrons. The molecule has 12 aliphatic rings. The lowest BCUT2D eigenvalue weighted by Gasteiger charge is -2.52. The van der Waals surface area contributed by atoms with Crippen molar-refractivity contribution in [1.82, 2.24) is 26.6 Å². The number of aliphatic carboxylic acids is 1. The normalized spacial score (nSPS) is 49.3. The van der Waals surface area contributed by atoms with Crippen LogP contribution in [-0.4, -0.2) is 633 Å². The quantitative estimate of drug-likeness (QED) is 0.0273. The number of rotatable bonds is 38. The predicted molar refractivity (Wildman–Crippen MR) is 452 cm³/mol. The highest BCUT2D eigenvalue weighted by atomic mass is 16.8. The van der Waals surface area contributed by atoms with Gasteiger partial charge in [-0.3, -0.25) is 24.0 Å². The van der Waals surface area contributed by atoms with E-state index in [0.717, 1.165) is 34.6 Å². The van der Waals surface area contributed by atoms with E-state index in [1.807, 2.05) is 0 Å². The molecule has 12 aliphatic heterocycles. The van der Waals surface area contributed by atoms with E-state index in [2.05, 4.69) is 26.6 Å². The lowest BCUT2D eigenvalue weighted by molar-refractivity contribution is -0.405. The molecule has 0 aromatic rings. The Morgan fingerprint density at radius 2 is 0.473 bits per heavy atom. The van der Waals surface area contributed by atoms with Gasteiger partial charge in [-0.05, 0) is 6.92 Å². The second-order valence-corrected chi connectivity index (χ2v) is 37.4. The number of ether oxygens (including phenoxy) is 23. The summed E-state index contributed by atoms with van der Waals surface area (Å²) in [6.07, 6.45) is -122. The highest BCUT2D eigenvalue weighted by Gasteiger charge is 2.64. The minimum Gasteiger partial charge on any atom is -0.479 e. The van der Waals surface area contributed by atoms with Gasteiger partial charge in [0, 0.05) is 34.6 Å². The summed E-state index contributed by atoms with van der Waals surface area (Å²) in [6, 6.07) is -10.1. The van der Waals surface area contributed by atoms with E-state index in [4.69, 9.17) is 109 Å². The van der Waals surface area contributed by atoms with Crippen molar-refractivity contribution in [3.05, 3.63) is 0 Å². The Labute approximate surface area is 836 Å². The number of amides is 5. The summed E-state index contributed by atoms with van der Waals surface area (Å²) in [6.45, 7) is -6.39. The van der Waals surface area contributed by atoms with Crippen molar-refractivity contribution in [1.29, 1.82) is 0 Å². The molecule has 12 fully saturated rings. The second-order valence-electron chi connectivity index (χ2n) is 37.4. The minimum atomic E-state index is -2.79. The number of hydrogen-bond acceptors (Lipinski definition) is 60. The Hall–Kier alpha value is -5.34. The summed E-state index contributed by atoms with van der Waals surface area (Å²) in [5, 5.41) is 374. The minimum absolute atomic E-state index is 0.863. The molecule has 66 heteroatoms. The molecule has 66 nitrogen and oxygen atoms in total. The van der Waals surface area contributed by atoms with Gasteiger partial charge in [-0.25, -0.2) is 4.79 Å². The van der Waals surface area contributed by atoms with Crippen LogP contribution in [0.3, 0.4) is 0 Å². The van der Waals surface area contributed by atoms with E-state index in [0.29, 0.717) is 0 Å². The van der Waals surface area contributed by atoms with Crippen LogP contribution >= 0.6 is 0 Å². The van der Waals surface area contributed by atoms with Gasteiger partial charge in [-0.15, -0.1) is 0 Å². The zero-order valence-corrected chi connectivity index (χ0v) is 79.4. The fraction of sp³-hybridized carbons (Fsp3) is 0.927. The second kappa shape index (κ2) is 52.7. The lowest BCUT2D eigenvalue weighted by Crippen LogP contribution is -2.71. The van der Waals surface area contributed by atoms with Gasteiger partial charge in [-0.2, -0.15) is 0 Å². The van der Waals surface area contributed by atoms with Crippen molar-refractivity contribution in [2.45, 2.75) is 410 Å². The molecule has 60 atom stereocenters. The summed E-state index contributed by atoms with van der Waals surface area (Å²) in [5.41, 5.74) is 0. The molecule has 37 N–H and O–H groups in total. The third kappa shape index (κ3) is 26.7. The van der Waals surface area contributed by atoms with Crippen LogP contribution in [0.25, 0.3) is 0 Å². The van der Waals surface area contributed by atoms with E-state index in [1.54, 1.807) is 0 Å². The van der Waals surface area contributed by atoms with Crippen molar-refractivity contribution in [2.24, 2.45) is 0 Å². The van der Waals surface area contributed by atoms with Crippen molar-refractivity contribution < 1.29 is 301 Å². The molecule has 5 amide bonds. The maximum Gasteiger partial charge on any atom is 0.335 e. The van der Waals surface area contributed by atoms with Crippen molar-refractivity contribution in [2.75, 3.05) is 66.1 Å². The summed E-state index contributed by atoms with van der Waals surface area (Å²) >= 11 is 0. The average molecular weight is 2170 g/mol. The number of aliphatic hydroxyl groups is 31. The molecule has 12 saturated heterocycles. The molecule has 0 aromatic heterocycles. The molecule has 12 rings (SSSR count). The molecular formula is C82H135N5O61. The zero-order chi connectivity index (χ0) is 109. The van der Waals surface area contributed by atoms with Gasteiger partial charge >= 0.3 is 5.97 Å². The van der Waals surface area contributed by atoms with Crippen molar-refractivity contribution in [3.63, 3.8) is 0 Å². The predicted octanol–water partition coefficient (Wildman–Crippen LogP) is -25.3. The Balaban J connectivity index is 0.907. The fourth-order valence-corrected chi connectivity index (χ4v) is 19.1. The topological polar surface area (TPSA) is 1020 Å². The van der Waals surface area contributed by atoms with Crippen LogP contribution < -0.4 is 26.6 Å². The van der Waals surface area contributed by atoms with Crippen LogP contribution in [0.1, 0.15) is 41.5 Å². The van der Waals surface area contributed by atoms with Gasteiger partial charge in [0.2, 0.25) is 29.5 Å². The molecule has 148 heavy (non-hydrogen) atoms. The van der Waals surface area contributed by atoms with Gasteiger partial charge in [0.1, 0.15) is 280 Å². The standard InChI is InChI=1S/C82H135N5O61/c1-17-38(101)49(112)54(117)76(128-17)126-16-32-64(45(108)33(71(125)129-32)83-18(2)96)140-73-35(85-20(4)98)46(109)62(28(12-93)134-73)143-80-59(122)66(145-82-69(57(120)63(30(14-95)137-82)139-72-34(84-19(3)97)44(107)39(102)23(7-88)130-72)148-75-37(87-22(6)100)47(110)60(27(11-92)136-75)141-77-55(118)50(113)40(103)24(8-89)131-77)43(106)31(138-80)15-127-81-68(52(115)41(104)25(9-90)133-81)147-74-36(86-21(5)99)48(111)61(29(13-94)135-74)142-79-58(121)65(42(105)26(10-91)132-79)144-78-56(119)51(114)53(116)67(146-78)70(123)124/h17,23-69,71-82,88-95,101-122,125H,7-16H2,1-6H3,(H,83,96)(H,84,97)(H,85,98)(H,86,99)(H,87,100)(H,123,124)/t17-,23+,24+,25+,26+,27+,28+,29+,30+,31+,32+,33+,34+,35+,36+,37-,38+,39+,40-,41+,42-,43+,44+,45+,46+,47+,48+,49+,50-,51-,52-,53-,54-,55+,56+,57-,58+,59-,60+,61+,62+,63+,64+,65-,66-,67-,68-,69-,71+,72-,73-,74-,75-,76+,77-,78+,79-,80-,81-,82+/m0/s1. The van der Waals surface area contributed by atoms with Gasteiger partial charge in [-0.1, -0.05) is 0 Å². The lowest BCUT2D eigenvalue weighted by atomic mass is 9.93. The monoisotopic (exact) mass is 2170 g/mol. The smallest absolute Gasteiger partial charge is 0.335 e. The van der Waals surface area contributed by atoms with Crippen molar-refractivity contribution >= 4 is 35.5 Å². The van der Waals surface area contributed by atoms with E-state index >= 15 is 0 Å². The maximum absolute atomic E-state index is 13.5. The third-order valence-electron chi connectivity index (χ3n) is 27.0. The largest absolute Gasteiger partial charge is 0.479 e. The van der Waals surface area contributed by atoms with Gasteiger partial charge in [0.05, 0.1) is 72.2 Å². The van der Waals surface area contributed by atoms with Gasteiger partial charge < -0.3 is 299 Å². The number of carbonyl (C=O) groups is 6. The molecular weight excluding hydrogens is 2030 g/mol. The van der Waals surface area contributed by atoms with Crippen LogP contribution in [-0.2, 0) is 138 Å². The molecule has 854 valence electrons. The molecule has 12 heterocycles. The Morgan fingerprint density at radius 3 is 0.892 bits per heavy atom. The van der Waals surface area contributed by atoms with E-state index in [-0.39, 0.29) is 0 Å². The molecule has 0 spiro atoms. The first kappa shape index (κ1) is 121. The summed E-state index contributed by atoms with van der Waals surface area (Å²) in [7, 11) is 0. The first-order chi connectivity index (χ1) is 69.9. The number of carbonyl (C=O) groups excluding carboxylic acids is 5. The molecule has 0 saturated carbocycles. The molecule has 0 unspecified atom stereocenters. The highest BCUT2D eigenvalue weighted by molar-refractivity contribution is 5.75. The van der Waals surface area contributed by atoms with Crippen LogP contribution in [0, 0.1) is 0 Å². The van der Waals surface area contributed by atoms with Crippen molar-refractivity contribution in [3.8, 4) is 0 Å². The van der Waals surface area contributed by atoms with E-state index in [9.17, 15) is 192 Å². The molecule has 0 aliphatic carbocycles. The number of aliphatic hydroxyl groups excluding tert-OH is 31.